The molecule has 156 valence electrons. The van der Waals surface area contributed by atoms with Gasteiger partial charge in [-0.05, 0) is 41.5 Å². The highest BCUT2D eigenvalue weighted by molar-refractivity contribution is 6.30. The summed E-state index contributed by atoms with van der Waals surface area (Å²) in [6.07, 6.45) is 0. The first-order valence-corrected chi connectivity index (χ1v) is 10.8. The second kappa shape index (κ2) is 9.04. The lowest BCUT2D eigenvalue weighted by Crippen LogP contribution is -2.00. The maximum atomic E-state index is 9.25. The first-order valence-electron chi connectivity index (χ1n) is 10.4. The molecule has 0 N–H and O–H groups in total. The van der Waals surface area contributed by atoms with Gasteiger partial charge in [0.25, 0.3) is 0 Å². The van der Waals surface area contributed by atoms with Crippen LogP contribution in [-0.4, -0.2) is 15.0 Å². The van der Waals surface area contributed by atoms with Crippen LogP contribution in [0.4, 0.5) is 0 Å². The second-order valence-electron chi connectivity index (χ2n) is 7.46. The molecule has 0 fully saturated rings. The third-order valence-corrected chi connectivity index (χ3v) is 5.43. The number of hydrogen-bond acceptors (Lipinski definition) is 4. The van der Waals surface area contributed by atoms with E-state index in [9.17, 15) is 5.26 Å². The van der Waals surface area contributed by atoms with Crippen LogP contribution in [0.5, 0.6) is 0 Å². The Morgan fingerprint density at radius 2 is 1.03 bits per heavy atom. The van der Waals surface area contributed by atoms with Gasteiger partial charge in [0.05, 0.1) is 11.6 Å². The molecule has 4 aromatic carbocycles. The third-order valence-electron chi connectivity index (χ3n) is 5.20. The normalized spacial score (nSPS) is 10.5. The molecule has 5 aromatic rings. The maximum absolute atomic E-state index is 9.25. The highest BCUT2D eigenvalue weighted by Gasteiger charge is 2.13. The van der Waals surface area contributed by atoms with Gasteiger partial charge in [-0.25, -0.2) is 15.0 Å². The van der Waals surface area contributed by atoms with Crippen molar-refractivity contribution in [1.82, 2.24) is 15.0 Å². The highest BCUT2D eigenvalue weighted by atomic mass is 35.5. The summed E-state index contributed by atoms with van der Waals surface area (Å²) >= 11 is 6.23. The average molecular weight is 445 g/mol. The molecule has 0 radical (unpaired) electrons. The number of aromatic nitrogens is 3. The molecule has 0 aliphatic heterocycles. The monoisotopic (exact) mass is 444 g/mol. The fourth-order valence-corrected chi connectivity index (χ4v) is 3.77. The van der Waals surface area contributed by atoms with Crippen molar-refractivity contribution < 1.29 is 0 Å². The predicted molar refractivity (Wildman–Crippen MR) is 131 cm³/mol. The summed E-state index contributed by atoms with van der Waals surface area (Å²) < 4.78 is 0. The molecule has 4 nitrogen and oxygen atoms in total. The first-order chi connectivity index (χ1) is 16.2. The van der Waals surface area contributed by atoms with Crippen LogP contribution in [0.2, 0.25) is 5.02 Å². The molecule has 0 unspecified atom stereocenters. The van der Waals surface area contributed by atoms with Gasteiger partial charge in [-0.1, -0.05) is 84.4 Å². The summed E-state index contributed by atoms with van der Waals surface area (Å²) in [6.45, 7) is 0. The van der Waals surface area contributed by atoms with Gasteiger partial charge in [0.2, 0.25) is 0 Å². The summed E-state index contributed by atoms with van der Waals surface area (Å²) in [7, 11) is 0. The van der Waals surface area contributed by atoms with E-state index in [1.807, 2.05) is 97.1 Å². The lowest BCUT2D eigenvalue weighted by Gasteiger charge is -2.10. The van der Waals surface area contributed by atoms with Crippen molar-refractivity contribution in [2.75, 3.05) is 0 Å². The number of benzene rings is 4. The van der Waals surface area contributed by atoms with Crippen LogP contribution in [0, 0.1) is 11.3 Å². The highest BCUT2D eigenvalue weighted by Crippen LogP contribution is 2.29. The number of halogens is 1. The van der Waals surface area contributed by atoms with E-state index in [4.69, 9.17) is 26.6 Å². The molecule has 0 atom stereocenters. The molecular formula is C28H17ClN4. The van der Waals surface area contributed by atoms with Crippen molar-refractivity contribution in [3.63, 3.8) is 0 Å². The Hall–Kier alpha value is -4.33. The number of rotatable bonds is 4. The van der Waals surface area contributed by atoms with Crippen LogP contribution in [-0.2, 0) is 0 Å². The Morgan fingerprint density at radius 1 is 0.515 bits per heavy atom. The van der Waals surface area contributed by atoms with Crippen LogP contribution in [0.3, 0.4) is 0 Å². The molecule has 0 amide bonds. The maximum Gasteiger partial charge on any atom is 0.164 e. The van der Waals surface area contributed by atoms with Crippen LogP contribution < -0.4 is 0 Å². The standard InChI is InChI=1S/C28H17ClN4/c29-25-14-6-13-24(17-25)28-32-26(20-8-2-1-3-9-20)31-27(33-28)23-12-5-11-22(16-23)21-10-4-7-19(15-21)18-30/h1-17H. The first kappa shape index (κ1) is 20.6. The molecule has 5 rings (SSSR count). The molecule has 1 aromatic heterocycles. The molecule has 0 saturated carbocycles. The zero-order valence-corrected chi connectivity index (χ0v) is 18.2. The van der Waals surface area contributed by atoms with Crippen molar-refractivity contribution in [1.29, 1.82) is 5.26 Å². The quantitative estimate of drug-likeness (QED) is 0.297. The van der Waals surface area contributed by atoms with E-state index in [2.05, 4.69) is 6.07 Å². The Morgan fingerprint density at radius 3 is 1.70 bits per heavy atom. The van der Waals surface area contributed by atoms with E-state index >= 15 is 0 Å². The Bertz CT molecular complexity index is 1490. The van der Waals surface area contributed by atoms with E-state index < -0.39 is 0 Å². The summed E-state index contributed by atoms with van der Waals surface area (Å²) in [5.74, 6) is 1.71. The minimum atomic E-state index is 0.554. The van der Waals surface area contributed by atoms with Crippen molar-refractivity contribution in [3.8, 4) is 51.4 Å². The van der Waals surface area contributed by atoms with Crippen LogP contribution in [0.25, 0.3) is 45.3 Å². The predicted octanol–water partition coefficient (Wildman–Crippen LogP) is 7.06. The fraction of sp³-hybridized carbons (Fsp3) is 0. The molecule has 0 saturated heterocycles. The van der Waals surface area contributed by atoms with Crippen LogP contribution in [0.1, 0.15) is 5.56 Å². The SMILES string of the molecule is N#Cc1cccc(-c2cccc(-c3nc(-c4ccccc4)nc(-c4cccc(Cl)c4)n3)c2)c1. The van der Waals surface area contributed by atoms with Gasteiger partial charge in [0.1, 0.15) is 0 Å². The van der Waals surface area contributed by atoms with Gasteiger partial charge in [-0.2, -0.15) is 5.26 Å². The van der Waals surface area contributed by atoms with Gasteiger partial charge in [-0.15, -0.1) is 0 Å². The molecule has 5 heteroatoms. The van der Waals surface area contributed by atoms with Crippen LogP contribution in [0.15, 0.2) is 103 Å². The molecule has 33 heavy (non-hydrogen) atoms. The topological polar surface area (TPSA) is 62.5 Å². The minimum Gasteiger partial charge on any atom is -0.208 e. The largest absolute Gasteiger partial charge is 0.208 e. The zero-order valence-electron chi connectivity index (χ0n) is 17.5. The lowest BCUT2D eigenvalue weighted by molar-refractivity contribution is 1.07. The van der Waals surface area contributed by atoms with E-state index in [0.717, 1.165) is 27.8 Å². The molecule has 0 bridgehead atoms. The number of nitriles is 1. The van der Waals surface area contributed by atoms with E-state index in [0.29, 0.717) is 28.1 Å². The van der Waals surface area contributed by atoms with Gasteiger partial charge >= 0.3 is 0 Å². The third kappa shape index (κ3) is 4.50. The van der Waals surface area contributed by atoms with E-state index in [-0.39, 0.29) is 0 Å². The Kier molecular flexibility index (Phi) is 5.63. The smallest absolute Gasteiger partial charge is 0.164 e. The summed E-state index contributed by atoms with van der Waals surface area (Å²) in [5.41, 5.74) is 5.15. The molecular weight excluding hydrogens is 428 g/mol. The fourth-order valence-electron chi connectivity index (χ4n) is 3.58. The lowest BCUT2D eigenvalue weighted by atomic mass is 10.0. The summed E-state index contributed by atoms with van der Waals surface area (Å²) in [6, 6.07) is 35.0. The van der Waals surface area contributed by atoms with Crippen molar-refractivity contribution in [3.05, 3.63) is 114 Å². The Labute approximate surface area is 196 Å². The van der Waals surface area contributed by atoms with Crippen molar-refractivity contribution >= 4 is 11.6 Å². The molecule has 1 heterocycles. The molecule has 0 aliphatic carbocycles. The van der Waals surface area contributed by atoms with Gasteiger partial charge in [0, 0.05) is 21.7 Å². The van der Waals surface area contributed by atoms with Gasteiger partial charge < -0.3 is 0 Å². The molecule has 0 spiro atoms. The van der Waals surface area contributed by atoms with Gasteiger partial charge in [0.15, 0.2) is 17.5 Å². The van der Waals surface area contributed by atoms with Gasteiger partial charge in [-0.3, -0.25) is 0 Å². The average Bonchev–Trinajstić information content (AvgIpc) is 2.89. The Balaban J connectivity index is 1.66. The second-order valence-corrected chi connectivity index (χ2v) is 7.89. The molecule has 0 aliphatic rings. The van der Waals surface area contributed by atoms with E-state index in [1.54, 1.807) is 6.07 Å². The van der Waals surface area contributed by atoms with E-state index in [1.165, 1.54) is 0 Å². The van der Waals surface area contributed by atoms with Crippen LogP contribution >= 0.6 is 11.6 Å². The van der Waals surface area contributed by atoms with Crippen molar-refractivity contribution in [2.45, 2.75) is 0 Å². The zero-order chi connectivity index (χ0) is 22.6. The number of nitrogens with zero attached hydrogens (tertiary/aromatic N) is 4. The summed E-state index contributed by atoms with van der Waals surface area (Å²) in [5, 5.41) is 9.87. The van der Waals surface area contributed by atoms with Crippen molar-refractivity contribution in [2.24, 2.45) is 0 Å². The minimum absolute atomic E-state index is 0.554. The number of hydrogen-bond donors (Lipinski definition) is 0. The summed E-state index contributed by atoms with van der Waals surface area (Å²) in [4.78, 5) is 14.3.